The highest BCUT2D eigenvalue weighted by Crippen LogP contribution is 2.53. The van der Waals surface area contributed by atoms with Gasteiger partial charge in [-0.2, -0.15) is 0 Å². The van der Waals surface area contributed by atoms with Crippen LogP contribution in [0.3, 0.4) is 0 Å². The molecule has 2 rings (SSSR count). The maximum atomic E-state index is 2.44. The average molecular weight is 152 g/mol. The molecular formula is C11H20. The van der Waals surface area contributed by atoms with Crippen molar-refractivity contribution in [2.24, 2.45) is 23.2 Å². The van der Waals surface area contributed by atoms with Gasteiger partial charge < -0.3 is 0 Å². The Hall–Kier alpha value is 0. The van der Waals surface area contributed by atoms with Crippen LogP contribution in [0.2, 0.25) is 0 Å². The van der Waals surface area contributed by atoms with Crippen molar-refractivity contribution < 1.29 is 0 Å². The van der Waals surface area contributed by atoms with E-state index in [9.17, 15) is 0 Å². The van der Waals surface area contributed by atoms with E-state index in [0.717, 1.165) is 17.8 Å². The SMILES string of the molecule is CC1CC(C2CC2)CC1(C)C. The largest absolute Gasteiger partial charge is 0.0620 e. The number of rotatable bonds is 1. The molecule has 0 heterocycles. The Labute approximate surface area is 70.4 Å². The normalized spacial score (nSPS) is 42.8. The average Bonchev–Trinajstić information content (AvgIpc) is 2.63. The van der Waals surface area contributed by atoms with Gasteiger partial charge in [-0.05, 0) is 48.9 Å². The van der Waals surface area contributed by atoms with Gasteiger partial charge in [0.15, 0.2) is 0 Å². The number of hydrogen-bond donors (Lipinski definition) is 0. The van der Waals surface area contributed by atoms with Gasteiger partial charge in [0.1, 0.15) is 0 Å². The molecule has 0 saturated heterocycles. The predicted molar refractivity (Wildman–Crippen MR) is 48.4 cm³/mol. The summed E-state index contributed by atoms with van der Waals surface area (Å²) in [6, 6.07) is 0. The van der Waals surface area contributed by atoms with Gasteiger partial charge in [-0.25, -0.2) is 0 Å². The summed E-state index contributed by atoms with van der Waals surface area (Å²) in [5.41, 5.74) is 0.646. The lowest BCUT2D eigenvalue weighted by atomic mass is 9.83. The Morgan fingerprint density at radius 3 is 2.09 bits per heavy atom. The first-order valence-electron chi connectivity index (χ1n) is 5.09. The molecule has 0 spiro atoms. The minimum Gasteiger partial charge on any atom is -0.0620 e. The predicted octanol–water partition coefficient (Wildman–Crippen LogP) is 3.47. The van der Waals surface area contributed by atoms with Crippen molar-refractivity contribution in [1.82, 2.24) is 0 Å². The molecule has 0 aromatic carbocycles. The van der Waals surface area contributed by atoms with E-state index in [0.29, 0.717) is 5.41 Å². The summed E-state index contributed by atoms with van der Waals surface area (Å²) < 4.78 is 0. The molecule has 0 aromatic heterocycles. The lowest BCUT2D eigenvalue weighted by Gasteiger charge is -2.22. The zero-order valence-electron chi connectivity index (χ0n) is 8.06. The van der Waals surface area contributed by atoms with Crippen molar-refractivity contribution in [2.75, 3.05) is 0 Å². The van der Waals surface area contributed by atoms with Crippen LogP contribution in [0.5, 0.6) is 0 Å². The highest BCUT2D eigenvalue weighted by Gasteiger charge is 2.43. The molecule has 0 aliphatic heterocycles. The molecule has 64 valence electrons. The summed E-state index contributed by atoms with van der Waals surface area (Å²) in [4.78, 5) is 0. The van der Waals surface area contributed by atoms with Crippen LogP contribution in [0.25, 0.3) is 0 Å². The van der Waals surface area contributed by atoms with Crippen LogP contribution in [-0.2, 0) is 0 Å². The minimum atomic E-state index is 0.646. The van der Waals surface area contributed by atoms with Crippen LogP contribution in [0.1, 0.15) is 46.5 Å². The zero-order valence-corrected chi connectivity index (χ0v) is 8.06. The van der Waals surface area contributed by atoms with Gasteiger partial charge in [-0.1, -0.05) is 20.8 Å². The second-order valence-corrected chi connectivity index (χ2v) is 5.43. The van der Waals surface area contributed by atoms with E-state index in [-0.39, 0.29) is 0 Å². The molecular weight excluding hydrogens is 132 g/mol. The molecule has 0 amide bonds. The van der Waals surface area contributed by atoms with Crippen molar-refractivity contribution in [1.29, 1.82) is 0 Å². The van der Waals surface area contributed by atoms with Crippen molar-refractivity contribution in [3.8, 4) is 0 Å². The van der Waals surface area contributed by atoms with Gasteiger partial charge in [-0.3, -0.25) is 0 Å². The van der Waals surface area contributed by atoms with Crippen LogP contribution in [0.4, 0.5) is 0 Å². The van der Waals surface area contributed by atoms with Gasteiger partial charge >= 0.3 is 0 Å². The Morgan fingerprint density at radius 2 is 1.73 bits per heavy atom. The third-order valence-electron chi connectivity index (χ3n) is 4.07. The molecule has 11 heavy (non-hydrogen) atoms. The summed E-state index contributed by atoms with van der Waals surface area (Å²) in [5, 5.41) is 0. The van der Waals surface area contributed by atoms with Gasteiger partial charge in [0, 0.05) is 0 Å². The summed E-state index contributed by atoms with van der Waals surface area (Å²) >= 11 is 0. The summed E-state index contributed by atoms with van der Waals surface area (Å²) in [7, 11) is 0. The maximum absolute atomic E-state index is 2.44. The second kappa shape index (κ2) is 2.24. The van der Waals surface area contributed by atoms with Gasteiger partial charge in [0.2, 0.25) is 0 Å². The monoisotopic (exact) mass is 152 g/mol. The molecule has 2 aliphatic rings. The van der Waals surface area contributed by atoms with Crippen molar-refractivity contribution in [3.05, 3.63) is 0 Å². The van der Waals surface area contributed by atoms with Crippen LogP contribution in [0.15, 0.2) is 0 Å². The maximum Gasteiger partial charge on any atom is -0.0326 e. The summed E-state index contributed by atoms with van der Waals surface area (Å²) in [5.74, 6) is 3.20. The second-order valence-electron chi connectivity index (χ2n) is 5.43. The highest BCUT2D eigenvalue weighted by molar-refractivity contribution is 4.94. The highest BCUT2D eigenvalue weighted by atomic mass is 14.5. The van der Waals surface area contributed by atoms with Gasteiger partial charge in [0.05, 0.1) is 0 Å². The van der Waals surface area contributed by atoms with Crippen molar-refractivity contribution in [2.45, 2.75) is 46.5 Å². The first-order chi connectivity index (χ1) is 5.09. The fraction of sp³-hybridized carbons (Fsp3) is 1.00. The van der Waals surface area contributed by atoms with Crippen molar-refractivity contribution in [3.63, 3.8) is 0 Å². The Kier molecular flexibility index (Phi) is 1.56. The Morgan fingerprint density at radius 1 is 1.09 bits per heavy atom. The van der Waals surface area contributed by atoms with E-state index in [1.54, 1.807) is 0 Å². The molecule has 0 aromatic rings. The third-order valence-corrected chi connectivity index (χ3v) is 4.07. The lowest BCUT2D eigenvalue weighted by Crippen LogP contribution is -2.13. The van der Waals surface area contributed by atoms with Crippen LogP contribution in [-0.4, -0.2) is 0 Å². The molecule has 0 radical (unpaired) electrons. The standard InChI is InChI=1S/C11H20/c1-8-6-10(9-4-5-9)7-11(8,2)3/h8-10H,4-7H2,1-3H3. The van der Waals surface area contributed by atoms with E-state index in [2.05, 4.69) is 20.8 Å². The Balaban J connectivity index is 1.99. The summed E-state index contributed by atoms with van der Waals surface area (Å²) in [6.07, 6.45) is 6.08. The molecule has 0 heteroatoms. The molecule has 2 saturated carbocycles. The summed E-state index contributed by atoms with van der Waals surface area (Å²) in [6.45, 7) is 7.32. The van der Waals surface area contributed by atoms with Crippen LogP contribution >= 0.6 is 0 Å². The number of hydrogen-bond acceptors (Lipinski definition) is 0. The van der Waals surface area contributed by atoms with Gasteiger partial charge in [0.25, 0.3) is 0 Å². The topological polar surface area (TPSA) is 0 Å². The van der Waals surface area contributed by atoms with E-state index in [1.807, 2.05) is 0 Å². The van der Waals surface area contributed by atoms with E-state index in [4.69, 9.17) is 0 Å². The molecule has 2 aliphatic carbocycles. The Bertz CT molecular complexity index is 153. The van der Waals surface area contributed by atoms with E-state index >= 15 is 0 Å². The van der Waals surface area contributed by atoms with Crippen LogP contribution < -0.4 is 0 Å². The molecule has 0 nitrogen and oxygen atoms in total. The molecule has 0 bridgehead atoms. The molecule has 2 fully saturated rings. The molecule has 2 unspecified atom stereocenters. The van der Waals surface area contributed by atoms with Gasteiger partial charge in [-0.15, -0.1) is 0 Å². The fourth-order valence-corrected chi connectivity index (χ4v) is 2.66. The fourth-order valence-electron chi connectivity index (χ4n) is 2.66. The quantitative estimate of drug-likeness (QED) is 0.539. The molecule has 2 atom stereocenters. The first kappa shape index (κ1) is 7.64. The van der Waals surface area contributed by atoms with E-state index < -0.39 is 0 Å². The minimum absolute atomic E-state index is 0.646. The van der Waals surface area contributed by atoms with Crippen molar-refractivity contribution >= 4 is 0 Å². The first-order valence-corrected chi connectivity index (χ1v) is 5.09. The lowest BCUT2D eigenvalue weighted by molar-refractivity contribution is 0.276. The molecule has 0 N–H and O–H groups in total. The van der Waals surface area contributed by atoms with E-state index in [1.165, 1.54) is 25.7 Å². The zero-order chi connectivity index (χ0) is 8.06. The smallest absolute Gasteiger partial charge is 0.0326 e. The van der Waals surface area contributed by atoms with Crippen LogP contribution in [0, 0.1) is 23.2 Å². The third kappa shape index (κ3) is 1.32.